The van der Waals surface area contributed by atoms with Gasteiger partial charge in [-0.05, 0) is 54.8 Å². The quantitative estimate of drug-likeness (QED) is 0.120. The van der Waals surface area contributed by atoms with E-state index in [1.807, 2.05) is 91.9 Å². The normalized spacial score (nSPS) is 13.4. The van der Waals surface area contributed by atoms with E-state index in [0.29, 0.717) is 18.8 Å². The minimum atomic E-state index is -3.71. The number of hydrogen-bond acceptors (Lipinski definition) is 7. The van der Waals surface area contributed by atoms with Crippen LogP contribution in [0, 0.1) is 0 Å². The number of nitrogens with one attached hydrogen (secondary N) is 4. The lowest BCUT2D eigenvalue weighted by Crippen LogP contribution is -2.48. The number of imidazole rings is 1. The van der Waals surface area contributed by atoms with Crippen LogP contribution in [0.15, 0.2) is 103 Å². The number of amides is 2. The van der Waals surface area contributed by atoms with E-state index in [2.05, 4.69) is 25.9 Å². The number of carbonyl (C=O) groups is 2. The van der Waals surface area contributed by atoms with Crippen LogP contribution in [0.4, 0.5) is 5.69 Å². The molecule has 0 aliphatic carbocycles. The number of fused-ring (bicyclic) bond motifs is 1. The molecule has 0 aliphatic rings. The van der Waals surface area contributed by atoms with Crippen molar-refractivity contribution in [3.05, 3.63) is 131 Å². The molecule has 5 N–H and O–H groups in total. The second-order valence-corrected chi connectivity index (χ2v) is 13.8. The Labute approximate surface area is 280 Å². The minimum Gasteiger partial charge on any atom is -0.390 e. The molecular formula is C36H40N6O5S. The number of aliphatic hydroxyl groups excluding tert-OH is 1. The zero-order valence-corrected chi connectivity index (χ0v) is 27.9. The number of aromatic amines is 1. The second kappa shape index (κ2) is 15.2. The Balaban J connectivity index is 1.36. The number of nitrogens with zero attached hydrogens (tertiary/aromatic N) is 2. The van der Waals surface area contributed by atoms with Gasteiger partial charge in [-0.3, -0.25) is 13.9 Å². The summed E-state index contributed by atoms with van der Waals surface area (Å²) in [6.07, 6.45) is 0.363. The molecule has 0 aliphatic heterocycles. The van der Waals surface area contributed by atoms with Gasteiger partial charge >= 0.3 is 0 Å². The molecule has 3 atom stereocenters. The number of carbonyl (C=O) groups excluding carboxylic acids is 2. The maximum absolute atomic E-state index is 13.8. The van der Waals surface area contributed by atoms with Gasteiger partial charge in [0, 0.05) is 24.7 Å². The summed E-state index contributed by atoms with van der Waals surface area (Å²) in [7, 11) is -2.35. The third kappa shape index (κ3) is 8.85. The van der Waals surface area contributed by atoms with E-state index in [9.17, 15) is 23.1 Å². The van der Waals surface area contributed by atoms with Gasteiger partial charge in [0.25, 0.3) is 11.8 Å². The number of H-pyrrole nitrogens is 1. The Morgan fingerprint density at radius 3 is 2.12 bits per heavy atom. The molecule has 1 aromatic heterocycles. The van der Waals surface area contributed by atoms with Gasteiger partial charge in [-0.25, -0.2) is 13.4 Å². The molecule has 0 radical (unpaired) electrons. The number of benzene rings is 4. The summed E-state index contributed by atoms with van der Waals surface area (Å²) in [4.78, 5) is 35.1. The third-order valence-electron chi connectivity index (χ3n) is 8.11. The SMILES string of the molecule is CC(NC(=O)c1cc(C(=O)NC(Cc2ccccc2)C(O)CNCc2nc3ccccc3[nH]2)cc(N(C)S(C)(=O)=O)c1)c1ccccc1. The molecule has 0 bridgehead atoms. The van der Waals surface area contributed by atoms with Crippen LogP contribution in [-0.4, -0.2) is 67.3 Å². The first-order chi connectivity index (χ1) is 23.0. The Bertz CT molecular complexity index is 1930. The number of aliphatic hydroxyl groups is 1. The summed E-state index contributed by atoms with van der Waals surface area (Å²) < 4.78 is 25.9. The van der Waals surface area contributed by atoms with Crippen LogP contribution in [0.1, 0.15) is 50.6 Å². The van der Waals surface area contributed by atoms with Crippen molar-refractivity contribution < 1.29 is 23.1 Å². The smallest absolute Gasteiger partial charge is 0.251 e. The molecule has 1 heterocycles. The molecule has 5 rings (SSSR count). The van der Waals surface area contributed by atoms with Crippen LogP contribution in [0.5, 0.6) is 0 Å². The lowest BCUT2D eigenvalue weighted by Gasteiger charge is -2.25. The fraction of sp³-hybridized carbons (Fsp3) is 0.250. The van der Waals surface area contributed by atoms with E-state index >= 15 is 0 Å². The summed E-state index contributed by atoms with van der Waals surface area (Å²) in [6, 6.07) is 29.8. The number of rotatable bonds is 14. The average molecular weight is 669 g/mol. The molecule has 48 heavy (non-hydrogen) atoms. The molecule has 0 spiro atoms. The van der Waals surface area contributed by atoms with Gasteiger partial charge in [0.05, 0.1) is 47.7 Å². The second-order valence-electron chi connectivity index (χ2n) is 11.8. The summed E-state index contributed by atoms with van der Waals surface area (Å²) in [6.45, 7) is 2.36. The van der Waals surface area contributed by atoms with Gasteiger partial charge < -0.3 is 26.0 Å². The molecule has 0 saturated heterocycles. The molecule has 0 saturated carbocycles. The molecule has 250 valence electrons. The van der Waals surface area contributed by atoms with Crippen molar-refractivity contribution in [3.63, 3.8) is 0 Å². The Hall–Kier alpha value is -5.04. The zero-order chi connectivity index (χ0) is 34.3. The minimum absolute atomic E-state index is 0.0704. The van der Waals surface area contributed by atoms with Crippen LogP contribution in [0.25, 0.3) is 11.0 Å². The van der Waals surface area contributed by atoms with Crippen LogP contribution in [0.3, 0.4) is 0 Å². The highest BCUT2D eigenvalue weighted by Gasteiger charge is 2.25. The summed E-state index contributed by atoms with van der Waals surface area (Å²) in [5, 5.41) is 20.4. The zero-order valence-electron chi connectivity index (χ0n) is 27.1. The van der Waals surface area contributed by atoms with Crippen molar-refractivity contribution in [2.24, 2.45) is 0 Å². The highest BCUT2D eigenvalue weighted by atomic mass is 32.2. The highest BCUT2D eigenvalue weighted by Crippen LogP contribution is 2.22. The van der Waals surface area contributed by atoms with Crippen molar-refractivity contribution in [3.8, 4) is 0 Å². The van der Waals surface area contributed by atoms with E-state index in [-0.39, 0.29) is 29.4 Å². The number of aromatic nitrogens is 2. The Morgan fingerprint density at radius 1 is 0.875 bits per heavy atom. The predicted molar refractivity (Wildman–Crippen MR) is 187 cm³/mol. The maximum Gasteiger partial charge on any atom is 0.251 e. The van der Waals surface area contributed by atoms with Crippen molar-refractivity contribution in [1.82, 2.24) is 25.9 Å². The van der Waals surface area contributed by atoms with E-state index < -0.39 is 34.0 Å². The van der Waals surface area contributed by atoms with Gasteiger partial charge in [-0.2, -0.15) is 0 Å². The third-order valence-corrected chi connectivity index (χ3v) is 9.32. The molecule has 4 aromatic carbocycles. The van der Waals surface area contributed by atoms with E-state index in [1.165, 1.54) is 25.2 Å². The molecule has 12 heteroatoms. The maximum atomic E-state index is 13.8. The first-order valence-corrected chi connectivity index (χ1v) is 17.4. The van der Waals surface area contributed by atoms with Gasteiger partial charge in [-0.15, -0.1) is 0 Å². The number of para-hydroxylation sites is 2. The monoisotopic (exact) mass is 668 g/mol. The van der Waals surface area contributed by atoms with Crippen LogP contribution >= 0.6 is 0 Å². The van der Waals surface area contributed by atoms with Crippen LogP contribution < -0.4 is 20.3 Å². The fourth-order valence-corrected chi connectivity index (χ4v) is 5.81. The number of hydrogen-bond donors (Lipinski definition) is 5. The number of sulfonamides is 1. The van der Waals surface area contributed by atoms with E-state index in [1.54, 1.807) is 0 Å². The molecular weight excluding hydrogens is 629 g/mol. The molecule has 11 nitrogen and oxygen atoms in total. The standard InChI is InChI=1S/C36H40N6O5S/c1-24(26-14-8-5-9-15-26)38-35(44)27-19-28(21-29(20-27)42(2)48(3,46)47)36(45)41-32(18-25-12-6-4-7-13-25)33(43)22-37-23-34-39-30-16-10-11-17-31(30)40-34/h4-17,19-21,24,32-33,37,43H,18,22-23H2,1-3H3,(H,38,44)(H,39,40)(H,41,45). The van der Waals surface area contributed by atoms with E-state index in [4.69, 9.17) is 0 Å². The Kier molecular flexibility index (Phi) is 10.9. The summed E-state index contributed by atoms with van der Waals surface area (Å²) in [5.74, 6) is -0.327. The van der Waals surface area contributed by atoms with Crippen molar-refractivity contribution in [2.45, 2.75) is 38.1 Å². The largest absolute Gasteiger partial charge is 0.390 e. The van der Waals surface area contributed by atoms with E-state index in [0.717, 1.165) is 32.7 Å². The van der Waals surface area contributed by atoms with Crippen molar-refractivity contribution in [2.75, 3.05) is 24.2 Å². The Morgan fingerprint density at radius 2 is 1.48 bits per heavy atom. The molecule has 3 unspecified atom stereocenters. The van der Waals surface area contributed by atoms with Gasteiger partial charge in [0.2, 0.25) is 10.0 Å². The molecule has 5 aromatic rings. The molecule has 2 amide bonds. The van der Waals surface area contributed by atoms with Gasteiger partial charge in [0.1, 0.15) is 5.82 Å². The predicted octanol–water partition coefficient (Wildman–Crippen LogP) is 3.94. The van der Waals surface area contributed by atoms with Crippen LogP contribution in [-0.2, 0) is 23.0 Å². The van der Waals surface area contributed by atoms with Gasteiger partial charge in [-0.1, -0.05) is 72.8 Å². The molecule has 0 fully saturated rings. The van der Waals surface area contributed by atoms with Gasteiger partial charge in [0.15, 0.2) is 0 Å². The summed E-state index contributed by atoms with van der Waals surface area (Å²) >= 11 is 0. The summed E-state index contributed by atoms with van der Waals surface area (Å²) in [5.41, 5.74) is 3.88. The average Bonchev–Trinajstić information content (AvgIpc) is 3.50. The highest BCUT2D eigenvalue weighted by molar-refractivity contribution is 7.92. The van der Waals surface area contributed by atoms with Crippen molar-refractivity contribution in [1.29, 1.82) is 0 Å². The van der Waals surface area contributed by atoms with Crippen LogP contribution in [0.2, 0.25) is 0 Å². The van der Waals surface area contributed by atoms with Crippen molar-refractivity contribution >= 4 is 38.6 Å². The first kappa shape index (κ1) is 34.3. The topological polar surface area (TPSA) is 157 Å². The fourth-order valence-electron chi connectivity index (χ4n) is 5.32. The lowest BCUT2D eigenvalue weighted by atomic mass is 10.00. The lowest BCUT2D eigenvalue weighted by molar-refractivity contribution is 0.0829. The first-order valence-electron chi connectivity index (χ1n) is 15.6. The number of anilines is 1.